The maximum absolute atomic E-state index is 12.1. The monoisotopic (exact) mass is 262 g/mol. The number of nitrogens with one attached hydrogen (secondary N) is 1. The Morgan fingerprint density at radius 2 is 1.84 bits per heavy atom. The third-order valence-electron chi connectivity index (χ3n) is 3.66. The first-order valence-electron chi connectivity index (χ1n) is 6.78. The van der Waals surface area contributed by atoms with Gasteiger partial charge in [-0.2, -0.15) is 0 Å². The summed E-state index contributed by atoms with van der Waals surface area (Å²) in [5, 5.41) is 3.13. The summed E-state index contributed by atoms with van der Waals surface area (Å²) in [6.07, 6.45) is 2.18. The fourth-order valence-electron chi connectivity index (χ4n) is 2.31. The van der Waals surface area contributed by atoms with Crippen molar-refractivity contribution >= 4 is 5.91 Å². The molecule has 0 aliphatic carbocycles. The second-order valence-corrected chi connectivity index (χ2v) is 5.42. The predicted molar refractivity (Wildman–Crippen MR) is 74.6 cm³/mol. The molecule has 0 radical (unpaired) electrons. The van der Waals surface area contributed by atoms with Crippen LogP contribution in [0.2, 0.25) is 0 Å². The van der Waals surface area contributed by atoms with Crippen LogP contribution >= 0.6 is 0 Å². The fraction of sp³-hybridized carbons (Fsp3) is 0.533. The van der Waals surface area contributed by atoms with E-state index in [1.807, 2.05) is 24.3 Å². The maximum Gasteiger partial charge on any atom is 0.224 e. The zero-order chi connectivity index (χ0) is 13.7. The van der Waals surface area contributed by atoms with E-state index in [0.717, 1.165) is 37.2 Å². The Balaban J connectivity index is 1.89. The smallest absolute Gasteiger partial charge is 0.224 e. The predicted octanol–water partition coefficient (Wildman–Crippen LogP) is 1.37. The van der Waals surface area contributed by atoms with E-state index in [1.54, 1.807) is 0 Å². The Labute approximate surface area is 114 Å². The molecule has 0 bridgehead atoms. The van der Waals surface area contributed by atoms with Gasteiger partial charge in [0.2, 0.25) is 5.91 Å². The Morgan fingerprint density at radius 1 is 1.26 bits per heavy atom. The number of hydrogen-bond donors (Lipinski definition) is 2. The Kier molecular flexibility index (Phi) is 4.56. The lowest BCUT2D eigenvalue weighted by atomic mass is 9.92. The lowest BCUT2D eigenvalue weighted by Crippen LogP contribution is -2.50. The highest BCUT2D eigenvalue weighted by molar-refractivity contribution is 5.79. The van der Waals surface area contributed by atoms with Crippen LogP contribution in [0.25, 0.3) is 0 Å². The van der Waals surface area contributed by atoms with E-state index in [4.69, 9.17) is 10.5 Å². The summed E-state index contributed by atoms with van der Waals surface area (Å²) in [6, 6.07) is 7.87. The number of benzene rings is 1. The summed E-state index contributed by atoms with van der Waals surface area (Å²) in [5.74, 6) is 0.0740. The third-order valence-corrected chi connectivity index (χ3v) is 3.66. The molecular formula is C15H22N2O2. The fourth-order valence-corrected chi connectivity index (χ4v) is 2.31. The van der Waals surface area contributed by atoms with Gasteiger partial charge >= 0.3 is 0 Å². The summed E-state index contributed by atoms with van der Waals surface area (Å²) in [5.41, 5.74) is 7.54. The van der Waals surface area contributed by atoms with E-state index in [1.165, 1.54) is 0 Å². The minimum Gasteiger partial charge on any atom is -0.381 e. The molecule has 1 saturated heterocycles. The van der Waals surface area contributed by atoms with Gasteiger partial charge in [-0.05, 0) is 30.9 Å². The van der Waals surface area contributed by atoms with Crippen molar-refractivity contribution in [1.82, 2.24) is 5.32 Å². The normalized spacial score (nSPS) is 18.0. The van der Waals surface area contributed by atoms with E-state index in [-0.39, 0.29) is 11.4 Å². The number of carbonyl (C=O) groups excluding carboxylic acids is 1. The first kappa shape index (κ1) is 14.0. The van der Waals surface area contributed by atoms with Crippen molar-refractivity contribution < 1.29 is 9.53 Å². The standard InChI is InChI=1S/C15H22N2O2/c1-15(6-8-19-9-7-15)17-14(18)10-12-2-4-13(11-16)5-3-12/h2-5H,6-11,16H2,1H3,(H,17,18). The summed E-state index contributed by atoms with van der Waals surface area (Å²) in [6.45, 7) is 4.07. The summed E-state index contributed by atoms with van der Waals surface area (Å²) in [7, 11) is 0. The lowest BCUT2D eigenvalue weighted by molar-refractivity contribution is -0.123. The second kappa shape index (κ2) is 6.17. The van der Waals surface area contributed by atoms with Crippen LogP contribution in [0.15, 0.2) is 24.3 Å². The molecule has 1 amide bonds. The van der Waals surface area contributed by atoms with E-state index in [0.29, 0.717) is 13.0 Å². The molecule has 4 heteroatoms. The molecule has 0 aromatic heterocycles. The van der Waals surface area contributed by atoms with Crippen molar-refractivity contribution in [3.8, 4) is 0 Å². The quantitative estimate of drug-likeness (QED) is 0.861. The summed E-state index contributed by atoms with van der Waals surface area (Å²) in [4.78, 5) is 12.1. The molecule has 1 heterocycles. The molecule has 1 fully saturated rings. The van der Waals surface area contributed by atoms with Gasteiger partial charge in [-0.15, -0.1) is 0 Å². The average molecular weight is 262 g/mol. The molecule has 3 N–H and O–H groups in total. The summed E-state index contributed by atoms with van der Waals surface area (Å²) < 4.78 is 5.33. The van der Waals surface area contributed by atoms with Gasteiger partial charge in [-0.1, -0.05) is 24.3 Å². The first-order valence-corrected chi connectivity index (χ1v) is 6.78. The second-order valence-electron chi connectivity index (χ2n) is 5.42. The average Bonchev–Trinajstić information content (AvgIpc) is 2.39. The number of hydrogen-bond acceptors (Lipinski definition) is 3. The van der Waals surface area contributed by atoms with Crippen LogP contribution < -0.4 is 11.1 Å². The molecule has 2 rings (SSSR count). The third kappa shape index (κ3) is 4.04. The molecule has 0 saturated carbocycles. The Hall–Kier alpha value is -1.39. The topological polar surface area (TPSA) is 64.4 Å². The molecule has 0 atom stereocenters. The van der Waals surface area contributed by atoms with Crippen molar-refractivity contribution in [3.05, 3.63) is 35.4 Å². The largest absolute Gasteiger partial charge is 0.381 e. The van der Waals surface area contributed by atoms with Gasteiger partial charge in [0.05, 0.1) is 6.42 Å². The van der Waals surface area contributed by atoms with Crippen molar-refractivity contribution in [3.63, 3.8) is 0 Å². The molecular weight excluding hydrogens is 240 g/mol. The van der Waals surface area contributed by atoms with Gasteiger partial charge in [0.1, 0.15) is 0 Å². The van der Waals surface area contributed by atoms with Crippen LogP contribution in [-0.4, -0.2) is 24.7 Å². The molecule has 104 valence electrons. The minimum absolute atomic E-state index is 0.0740. The molecule has 1 aromatic rings. The van der Waals surface area contributed by atoms with Crippen LogP contribution in [0.5, 0.6) is 0 Å². The van der Waals surface area contributed by atoms with Gasteiger partial charge in [-0.3, -0.25) is 4.79 Å². The van der Waals surface area contributed by atoms with Gasteiger partial charge < -0.3 is 15.8 Å². The van der Waals surface area contributed by atoms with Crippen LogP contribution in [0.3, 0.4) is 0 Å². The molecule has 1 aromatic carbocycles. The number of rotatable bonds is 4. The SMILES string of the molecule is CC1(NC(=O)Cc2ccc(CN)cc2)CCOCC1. The van der Waals surface area contributed by atoms with Gasteiger partial charge in [0.15, 0.2) is 0 Å². The van der Waals surface area contributed by atoms with Crippen LogP contribution in [-0.2, 0) is 22.5 Å². The van der Waals surface area contributed by atoms with E-state index in [2.05, 4.69) is 12.2 Å². The van der Waals surface area contributed by atoms with E-state index in [9.17, 15) is 4.79 Å². The van der Waals surface area contributed by atoms with E-state index < -0.39 is 0 Å². The summed E-state index contributed by atoms with van der Waals surface area (Å²) >= 11 is 0. The van der Waals surface area contributed by atoms with Gasteiger partial charge in [0.25, 0.3) is 0 Å². The number of amides is 1. The highest BCUT2D eigenvalue weighted by Gasteiger charge is 2.28. The van der Waals surface area contributed by atoms with Crippen molar-refractivity contribution in [2.24, 2.45) is 5.73 Å². The van der Waals surface area contributed by atoms with Crippen molar-refractivity contribution in [1.29, 1.82) is 0 Å². The zero-order valence-electron chi connectivity index (χ0n) is 11.4. The Bertz CT molecular complexity index is 422. The van der Waals surface area contributed by atoms with Gasteiger partial charge in [-0.25, -0.2) is 0 Å². The highest BCUT2D eigenvalue weighted by Crippen LogP contribution is 2.19. The minimum atomic E-state index is -0.119. The number of ether oxygens (including phenoxy) is 1. The lowest BCUT2D eigenvalue weighted by Gasteiger charge is -2.34. The molecule has 0 unspecified atom stereocenters. The van der Waals surface area contributed by atoms with Gasteiger partial charge in [0, 0.05) is 25.3 Å². The Morgan fingerprint density at radius 3 is 2.42 bits per heavy atom. The number of carbonyl (C=O) groups is 1. The zero-order valence-corrected chi connectivity index (χ0v) is 11.4. The molecule has 1 aliphatic rings. The van der Waals surface area contributed by atoms with E-state index >= 15 is 0 Å². The van der Waals surface area contributed by atoms with Crippen LogP contribution in [0.4, 0.5) is 0 Å². The van der Waals surface area contributed by atoms with Crippen molar-refractivity contribution in [2.75, 3.05) is 13.2 Å². The van der Waals surface area contributed by atoms with Crippen LogP contribution in [0, 0.1) is 0 Å². The highest BCUT2D eigenvalue weighted by atomic mass is 16.5. The maximum atomic E-state index is 12.1. The first-order chi connectivity index (χ1) is 9.11. The molecule has 19 heavy (non-hydrogen) atoms. The molecule has 4 nitrogen and oxygen atoms in total. The molecule has 0 spiro atoms. The number of nitrogens with two attached hydrogens (primary N) is 1. The van der Waals surface area contributed by atoms with Crippen molar-refractivity contribution in [2.45, 2.75) is 38.3 Å². The molecule has 1 aliphatic heterocycles. The van der Waals surface area contributed by atoms with Crippen LogP contribution in [0.1, 0.15) is 30.9 Å².